The summed E-state index contributed by atoms with van der Waals surface area (Å²) in [5, 5.41) is 0.812. The number of hydrogen-bond acceptors (Lipinski definition) is 5. The molecule has 6 heteroatoms. The van der Waals surface area contributed by atoms with Crippen molar-refractivity contribution in [3.63, 3.8) is 0 Å². The Morgan fingerprint density at radius 2 is 1.96 bits per heavy atom. The second kappa shape index (κ2) is 7.49. The van der Waals surface area contributed by atoms with E-state index >= 15 is 0 Å². The summed E-state index contributed by atoms with van der Waals surface area (Å²) in [6.45, 7) is 6.46. The molecule has 2 heterocycles. The molecule has 0 saturated carbocycles. The van der Waals surface area contributed by atoms with Crippen LogP contribution in [0.2, 0.25) is 0 Å². The molecule has 1 saturated heterocycles. The molecule has 3 rings (SSSR count). The lowest BCUT2D eigenvalue weighted by Crippen LogP contribution is -2.48. The number of piperazine rings is 1. The number of nitrogens with zero attached hydrogens (tertiary/aromatic N) is 2. The quantitative estimate of drug-likeness (QED) is 0.617. The van der Waals surface area contributed by atoms with E-state index in [1.54, 1.807) is 13.0 Å². The van der Waals surface area contributed by atoms with Gasteiger partial charge in [-0.3, -0.25) is 9.69 Å². The van der Waals surface area contributed by atoms with Gasteiger partial charge in [0, 0.05) is 39.6 Å². The van der Waals surface area contributed by atoms with Gasteiger partial charge in [-0.25, -0.2) is 4.79 Å². The van der Waals surface area contributed by atoms with Crippen LogP contribution >= 0.6 is 0 Å². The van der Waals surface area contributed by atoms with E-state index in [1.807, 2.05) is 23.1 Å². The third-order valence-corrected chi connectivity index (χ3v) is 4.31. The number of carbonyl (C=O) groups excluding carboxylic acids is 1. The Labute approximate surface area is 140 Å². The molecule has 0 aliphatic carbocycles. The second-order valence-corrected chi connectivity index (χ2v) is 5.98. The van der Waals surface area contributed by atoms with Gasteiger partial charge < -0.3 is 14.1 Å². The predicted molar refractivity (Wildman–Crippen MR) is 91.3 cm³/mol. The molecule has 0 unspecified atom stereocenters. The van der Waals surface area contributed by atoms with Crippen LogP contribution in [0, 0.1) is 0 Å². The molecular weight excluding hydrogens is 308 g/mol. The van der Waals surface area contributed by atoms with Gasteiger partial charge in [-0.05, 0) is 18.6 Å². The summed E-state index contributed by atoms with van der Waals surface area (Å²) in [6, 6.07) is 8.76. The fourth-order valence-corrected chi connectivity index (χ4v) is 2.96. The fraction of sp³-hybridized carbons (Fsp3) is 0.444. The maximum absolute atomic E-state index is 11.6. The zero-order valence-corrected chi connectivity index (χ0v) is 13.9. The van der Waals surface area contributed by atoms with Gasteiger partial charge in [-0.2, -0.15) is 0 Å². The highest BCUT2D eigenvalue weighted by Crippen LogP contribution is 2.23. The summed E-state index contributed by atoms with van der Waals surface area (Å²) >= 11 is 0. The van der Waals surface area contributed by atoms with E-state index < -0.39 is 5.63 Å². The lowest BCUT2D eigenvalue weighted by atomic mass is 10.2. The minimum atomic E-state index is -0.399. The number of rotatable bonds is 5. The molecule has 1 aromatic carbocycles. The average molecular weight is 330 g/mol. The number of ether oxygens (including phenoxy) is 1. The number of carbonyl (C=O) groups is 1. The molecular formula is C18H22N2O4. The Hall–Kier alpha value is -2.34. The van der Waals surface area contributed by atoms with Gasteiger partial charge in [-0.1, -0.05) is 12.1 Å². The molecule has 0 N–H and O–H groups in total. The molecule has 0 bridgehead atoms. The van der Waals surface area contributed by atoms with Crippen LogP contribution in [0.25, 0.3) is 11.0 Å². The minimum absolute atomic E-state index is 0.146. The normalized spacial score (nSPS) is 15.6. The zero-order valence-electron chi connectivity index (χ0n) is 13.9. The number of hydrogen-bond donors (Lipinski definition) is 0. The molecule has 1 amide bonds. The molecule has 1 aliphatic rings. The predicted octanol–water partition coefficient (Wildman–Crippen LogP) is 1.73. The Kier molecular flexibility index (Phi) is 5.15. The molecule has 0 spiro atoms. The van der Waals surface area contributed by atoms with Crippen molar-refractivity contribution < 1.29 is 13.9 Å². The highest BCUT2D eigenvalue weighted by molar-refractivity contribution is 5.82. The Morgan fingerprint density at radius 1 is 1.21 bits per heavy atom. The molecule has 1 aromatic heterocycles. The highest BCUT2D eigenvalue weighted by atomic mass is 16.5. The van der Waals surface area contributed by atoms with Gasteiger partial charge in [0.15, 0.2) is 0 Å². The van der Waals surface area contributed by atoms with E-state index in [-0.39, 0.29) is 5.91 Å². The third-order valence-electron chi connectivity index (χ3n) is 4.31. The summed E-state index contributed by atoms with van der Waals surface area (Å²) in [5.74, 6) is 0.719. The number of fused-ring (bicyclic) bond motifs is 1. The fourth-order valence-electron chi connectivity index (χ4n) is 2.96. The Bertz CT molecular complexity index is 763. The monoisotopic (exact) mass is 330 g/mol. The second-order valence-electron chi connectivity index (χ2n) is 5.98. The molecule has 6 nitrogen and oxygen atoms in total. The van der Waals surface area contributed by atoms with Crippen LogP contribution in [0.1, 0.15) is 13.3 Å². The molecule has 2 aromatic rings. The molecule has 1 fully saturated rings. The third kappa shape index (κ3) is 3.94. The van der Waals surface area contributed by atoms with Crippen molar-refractivity contribution in [1.82, 2.24) is 9.80 Å². The Morgan fingerprint density at radius 3 is 2.71 bits per heavy atom. The van der Waals surface area contributed by atoms with Gasteiger partial charge in [0.25, 0.3) is 0 Å². The van der Waals surface area contributed by atoms with Crippen molar-refractivity contribution in [3.8, 4) is 5.75 Å². The van der Waals surface area contributed by atoms with Crippen molar-refractivity contribution >= 4 is 16.9 Å². The van der Waals surface area contributed by atoms with Crippen molar-refractivity contribution in [2.75, 3.05) is 39.3 Å². The number of para-hydroxylation sites is 1. The summed E-state index contributed by atoms with van der Waals surface area (Å²) in [7, 11) is 0. The van der Waals surface area contributed by atoms with E-state index in [0.29, 0.717) is 17.9 Å². The maximum atomic E-state index is 11.6. The summed E-state index contributed by atoms with van der Waals surface area (Å²) in [4.78, 5) is 27.1. The van der Waals surface area contributed by atoms with Crippen LogP contribution in [-0.2, 0) is 4.79 Å². The number of benzene rings is 1. The molecule has 0 atom stereocenters. The maximum Gasteiger partial charge on any atom is 0.339 e. The lowest BCUT2D eigenvalue weighted by molar-refractivity contribution is -0.130. The van der Waals surface area contributed by atoms with Gasteiger partial charge in [-0.15, -0.1) is 0 Å². The first-order chi connectivity index (χ1) is 11.6. The Balaban J connectivity index is 1.49. The molecule has 128 valence electrons. The van der Waals surface area contributed by atoms with Gasteiger partial charge in [0.05, 0.1) is 18.1 Å². The van der Waals surface area contributed by atoms with Crippen molar-refractivity contribution in [2.45, 2.75) is 13.3 Å². The first kappa shape index (κ1) is 16.5. The van der Waals surface area contributed by atoms with E-state index in [4.69, 9.17) is 9.15 Å². The van der Waals surface area contributed by atoms with Crippen LogP contribution in [0.3, 0.4) is 0 Å². The van der Waals surface area contributed by atoms with Crippen LogP contribution in [0.15, 0.2) is 39.5 Å². The van der Waals surface area contributed by atoms with Crippen LogP contribution < -0.4 is 10.4 Å². The van der Waals surface area contributed by atoms with Crippen molar-refractivity contribution in [1.29, 1.82) is 0 Å². The van der Waals surface area contributed by atoms with E-state index in [9.17, 15) is 9.59 Å². The smallest absolute Gasteiger partial charge is 0.339 e. The standard InChI is InChI=1S/C18H22N2O4/c1-14(21)20-10-8-19(9-11-20)7-4-12-23-17-13-18(22)24-16-6-3-2-5-15(16)17/h2-3,5-6,13H,4,7-12H2,1H3. The summed E-state index contributed by atoms with van der Waals surface area (Å²) < 4.78 is 11.0. The molecule has 24 heavy (non-hydrogen) atoms. The van der Waals surface area contributed by atoms with E-state index in [0.717, 1.165) is 44.5 Å². The summed E-state index contributed by atoms with van der Waals surface area (Å²) in [5.41, 5.74) is 0.143. The van der Waals surface area contributed by atoms with Gasteiger partial charge in [0.2, 0.25) is 5.91 Å². The van der Waals surface area contributed by atoms with Crippen molar-refractivity contribution in [3.05, 3.63) is 40.8 Å². The number of amides is 1. The topological polar surface area (TPSA) is 63.0 Å². The lowest BCUT2D eigenvalue weighted by Gasteiger charge is -2.34. The van der Waals surface area contributed by atoms with Crippen LogP contribution in [0.4, 0.5) is 0 Å². The van der Waals surface area contributed by atoms with Gasteiger partial charge >= 0.3 is 5.63 Å². The summed E-state index contributed by atoms with van der Waals surface area (Å²) in [6.07, 6.45) is 0.870. The van der Waals surface area contributed by atoms with E-state index in [2.05, 4.69) is 4.90 Å². The first-order valence-corrected chi connectivity index (χ1v) is 8.27. The zero-order chi connectivity index (χ0) is 16.9. The molecule has 1 aliphatic heterocycles. The minimum Gasteiger partial charge on any atom is -0.492 e. The average Bonchev–Trinajstić information content (AvgIpc) is 2.58. The van der Waals surface area contributed by atoms with Crippen LogP contribution in [-0.4, -0.2) is 55.0 Å². The highest BCUT2D eigenvalue weighted by Gasteiger charge is 2.17. The molecule has 0 radical (unpaired) electrons. The SMILES string of the molecule is CC(=O)N1CCN(CCCOc2cc(=O)oc3ccccc23)CC1. The van der Waals surface area contributed by atoms with Crippen molar-refractivity contribution in [2.24, 2.45) is 0 Å². The van der Waals surface area contributed by atoms with Crippen LogP contribution in [0.5, 0.6) is 5.75 Å². The van der Waals surface area contributed by atoms with Gasteiger partial charge in [0.1, 0.15) is 11.3 Å². The first-order valence-electron chi connectivity index (χ1n) is 8.27. The largest absolute Gasteiger partial charge is 0.492 e. The van der Waals surface area contributed by atoms with E-state index in [1.165, 1.54) is 6.07 Å².